The third-order valence-electron chi connectivity index (χ3n) is 1.17. The molecule has 0 aliphatic carbocycles. The summed E-state index contributed by atoms with van der Waals surface area (Å²) >= 11 is 0. The predicted molar refractivity (Wildman–Crippen MR) is 47.2 cm³/mol. The molecule has 1 aromatic rings. The Bertz CT molecular complexity index is 187. The molecule has 4 heteroatoms. The van der Waals surface area contributed by atoms with Gasteiger partial charge in [-0.1, -0.05) is 13.8 Å². The summed E-state index contributed by atoms with van der Waals surface area (Å²) < 4.78 is 1.87. The van der Waals surface area contributed by atoms with Crippen LogP contribution in [0.2, 0.25) is 0 Å². The predicted octanol–water partition coefficient (Wildman–Crippen LogP) is 0.588. The van der Waals surface area contributed by atoms with Gasteiger partial charge in [-0.05, 0) is 6.54 Å². The minimum atomic E-state index is 0. The largest absolute Gasteiger partial charge is 0.330 e. The third kappa shape index (κ3) is 3.13. The van der Waals surface area contributed by atoms with Gasteiger partial charge in [0.25, 0.3) is 0 Å². The smallest absolute Gasteiger partial charge is 0.133 e. The van der Waals surface area contributed by atoms with E-state index in [4.69, 9.17) is 5.73 Å². The molecule has 0 saturated heterocycles. The summed E-state index contributed by atoms with van der Waals surface area (Å²) in [6.45, 7) is 4.63. The quantitative estimate of drug-likeness (QED) is 0.685. The first-order valence-corrected chi connectivity index (χ1v) is 3.87. The molecule has 0 aromatic carbocycles. The van der Waals surface area contributed by atoms with Crippen LogP contribution in [0.15, 0.2) is 6.33 Å². The van der Waals surface area contributed by atoms with Gasteiger partial charge in [-0.3, -0.25) is 0 Å². The standard InChI is InChI=1S/C5H10N4.C2H6.H2/c1-9-4-7-8-5(9)2-3-6;1-2;/h4H,2-3,6H2,1H3;1-2H3;1H. The molecule has 0 spiro atoms. The van der Waals surface area contributed by atoms with Crippen molar-refractivity contribution in [1.29, 1.82) is 0 Å². The number of nitrogens with zero attached hydrogens (tertiary/aromatic N) is 3. The average molecular weight is 158 g/mol. The molecule has 0 atom stereocenters. The van der Waals surface area contributed by atoms with E-state index < -0.39 is 0 Å². The number of hydrogen-bond donors (Lipinski definition) is 1. The SMILES string of the molecule is CC.Cn1cnnc1CCN.[HH]. The monoisotopic (exact) mass is 158 g/mol. The summed E-state index contributed by atoms with van der Waals surface area (Å²) in [6.07, 6.45) is 2.47. The highest BCUT2D eigenvalue weighted by atomic mass is 15.2. The molecule has 1 aromatic heterocycles. The zero-order valence-corrected chi connectivity index (χ0v) is 7.41. The van der Waals surface area contributed by atoms with Crippen molar-refractivity contribution < 1.29 is 1.43 Å². The lowest BCUT2D eigenvalue weighted by Gasteiger charge is -1.93. The van der Waals surface area contributed by atoms with Crippen LogP contribution in [-0.4, -0.2) is 21.3 Å². The molecule has 0 fully saturated rings. The Kier molecular flexibility index (Phi) is 5.37. The van der Waals surface area contributed by atoms with Crippen LogP contribution in [-0.2, 0) is 13.5 Å². The van der Waals surface area contributed by atoms with E-state index in [2.05, 4.69) is 10.2 Å². The number of nitrogens with two attached hydrogens (primary N) is 1. The van der Waals surface area contributed by atoms with Crippen molar-refractivity contribution in [2.45, 2.75) is 20.3 Å². The van der Waals surface area contributed by atoms with Crippen LogP contribution in [0.3, 0.4) is 0 Å². The van der Waals surface area contributed by atoms with E-state index in [9.17, 15) is 0 Å². The van der Waals surface area contributed by atoms with Gasteiger partial charge in [-0.25, -0.2) is 0 Å². The second-order valence-corrected chi connectivity index (χ2v) is 1.90. The molecule has 0 unspecified atom stereocenters. The summed E-state index contributed by atoms with van der Waals surface area (Å²) in [6, 6.07) is 0. The van der Waals surface area contributed by atoms with Gasteiger partial charge in [-0.15, -0.1) is 10.2 Å². The fourth-order valence-electron chi connectivity index (χ4n) is 0.663. The second kappa shape index (κ2) is 5.85. The second-order valence-electron chi connectivity index (χ2n) is 1.90. The Hall–Kier alpha value is -0.900. The van der Waals surface area contributed by atoms with Crippen molar-refractivity contribution in [2.24, 2.45) is 12.8 Å². The van der Waals surface area contributed by atoms with Gasteiger partial charge in [0.2, 0.25) is 0 Å². The number of rotatable bonds is 2. The van der Waals surface area contributed by atoms with E-state index in [1.54, 1.807) is 6.33 Å². The highest BCUT2D eigenvalue weighted by Gasteiger charge is 1.95. The Morgan fingerprint density at radius 1 is 1.64 bits per heavy atom. The Morgan fingerprint density at radius 3 is 2.64 bits per heavy atom. The summed E-state index contributed by atoms with van der Waals surface area (Å²) in [5, 5.41) is 7.54. The molecular formula is C7H18N4. The van der Waals surface area contributed by atoms with Crippen LogP contribution < -0.4 is 5.73 Å². The van der Waals surface area contributed by atoms with Crippen molar-refractivity contribution in [3.63, 3.8) is 0 Å². The molecule has 66 valence electrons. The van der Waals surface area contributed by atoms with E-state index in [0.29, 0.717) is 6.54 Å². The van der Waals surface area contributed by atoms with E-state index in [-0.39, 0.29) is 1.43 Å². The van der Waals surface area contributed by atoms with E-state index in [1.807, 2.05) is 25.5 Å². The number of hydrogen-bond acceptors (Lipinski definition) is 3. The fourth-order valence-corrected chi connectivity index (χ4v) is 0.663. The Morgan fingerprint density at radius 2 is 2.27 bits per heavy atom. The van der Waals surface area contributed by atoms with Crippen molar-refractivity contribution in [1.82, 2.24) is 14.8 Å². The lowest BCUT2D eigenvalue weighted by atomic mass is 10.4. The lowest BCUT2D eigenvalue weighted by molar-refractivity contribution is 0.776. The normalized spacial score (nSPS) is 8.73. The molecule has 0 bridgehead atoms. The molecule has 0 amide bonds. The molecule has 0 saturated carbocycles. The first kappa shape index (κ1) is 10.1. The number of aryl methyl sites for hydroxylation is 1. The maximum atomic E-state index is 5.31. The van der Waals surface area contributed by atoms with Crippen LogP contribution in [0, 0.1) is 0 Å². The van der Waals surface area contributed by atoms with Crippen LogP contribution in [0.4, 0.5) is 0 Å². The van der Waals surface area contributed by atoms with Gasteiger partial charge in [0.05, 0.1) is 0 Å². The molecule has 0 radical (unpaired) electrons. The lowest BCUT2D eigenvalue weighted by Crippen LogP contribution is -2.07. The van der Waals surface area contributed by atoms with Crippen LogP contribution in [0.1, 0.15) is 21.1 Å². The van der Waals surface area contributed by atoms with Crippen LogP contribution >= 0.6 is 0 Å². The zero-order chi connectivity index (χ0) is 8.69. The summed E-state index contributed by atoms with van der Waals surface area (Å²) in [4.78, 5) is 0. The van der Waals surface area contributed by atoms with Crippen molar-refractivity contribution >= 4 is 0 Å². The molecule has 4 nitrogen and oxygen atoms in total. The molecule has 2 N–H and O–H groups in total. The maximum Gasteiger partial charge on any atom is 0.133 e. The van der Waals surface area contributed by atoms with Gasteiger partial charge in [-0.2, -0.15) is 0 Å². The Labute approximate surface area is 68.9 Å². The summed E-state index contributed by atoms with van der Waals surface area (Å²) in [7, 11) is 1.91. The molecule has 0 aliphatic heterocycles. The Balaban J connectivity index is 0. The van der Waals surface area contributed by atoms with Gasteiger partial charge in [0.1, 0.15) is 12.2 Å². The van der Waals surface area contributed by atoms with Gasteiger partial charge in [0, 0.05) is 14.9 Å². The van der Waals surface area contributed by atoms with E-state index in [0.717, 1.165) is 12.2 Å². The molecule has 0 aliphatic rings. The highest BCUT2D eigenvalue weighted by molar-refractivity contribution is 4.83. The molecule has 1 rings (SSSR count). The highest BCUT2D eigenvalue weighted by Crippen LogP contribution is 1.89. The minimum absolute atomic E-state index is 0. The zero-order valence-electron chi connectivity index (χ0n) is 7.41. The van der Waals surface area contributed by atoms with Crippen molar-refractivity contribution in [2.75, 3.05) is 6.54 Å². The minimum Gasteiger partial charge on any atom is -0.330 e. The van der Waals surface area contributed by atoms with Crippen molar-refractivity contribution in [3.8, 4) is 0 Å². The fraction of sp³-hybridized carbons (Fsp3) is 0.714. The summed E-state index contributed by atoms with van der Waals surface area (Å²) in [5.74, 6) is 0.942. The van der Waals surface area contributed by atoms with Crippen molar-refractivity contribution in [3.05, 3.63) is 12.2 Å². The first-order chi connectivity index (χ1) is 5.34. The van der Waals surface area contributed by atoms with E-state index in [1.165, 1.54) is 0 Å². The van der Waals surface area contributed by atoms with Crippen LogP contribution in [0.25, 0.3) is 0 Å². The third-order valence-corrected chi connectivity index (χ3v) is 1.17. The maximum absolute atomic E-state index is 5.31. The van der Waals surface area contributed by atoms with Gasteiger partial charge < -0.3 is 10.3 Å². The van der Waals surface area contributed by atoms with E-state index >= 15 is 0 Å². The topological polar surface area (TPSA) is 56.7 Å². The van der Waals surface area contributed by atoms with Crippen LogP contribution in [0.5, 0.6) is 0 Å². The average Bonchev–Trinajstić information content (AvgIpc) is 2.42. The van der Waals surface area contributed by atoms with Gasteiger partial charge >= 0.3 is 0 Å². The molecule has 1 heterocycles. The number of aromatic nitrogens is 3. The van der Waals surface area contributed by atoms with Gasteiger partial charge in [0.15, 0.2) is 0 Å². The molecular weight excluding hydrogens is 140 g/mol. The molecule has 11 heavy (non-hydrogen) atoms. The summed E-state index contributed by atoms with van der Waals surface area (Å²) in [5.41, 5.74) is 5.31. The first-order valence-electron chi connectivity index (χ1n) is 3.87.